The zero-order valence-electron chi connectivity index (χ0n) is 34.6. The molecule has 2 aliphatic rings. The molecule has 0 aliphatic carbocycles. The summed E-state index contributed by atoms with van der Waals surface area (Å²) in [5.41, 5.74) is 0.222. The molecule has 2 rings (SSSR count). The second-order valence-corrected chi connectivity index (χ2v) is 17.5. The third-order valence-electron chi connectivity index (χ3n) is 10.6. The highest BCUT2D eigenvalue weighted by Crippen LogP contribution is 2.40. The van der Waals surface area contributed by atoms with Gasteiger partial charge in [-0.15, -0.1) is 0 Å². The highest BCUT2D eigenvalue weighted by atomic mass is 16.7. The summed E-state index contributed by atoms with van der Waals surface area (Å²) in [6, 6.07) is 0. The van der Waals surface area contributed by atoms with Crippen LogP contribution in [0.5, 0.6) is 0 Å². The molecule has 1 atom stereocenters. The van der Waals surface area contributed by atoms with E-state index in [1.807, 2.05) is 5.06 Å². The van der Waals surface area contributed by atoms with Crippen molar-refractivity contribution < 1.29 is 28.7 Å². The van der Waals surface area contributed by atoms with Gasteiger partial charge in [-0.25, -0.2) is 0 Å². The number of piperidine rings is 2. The molecular formula is C43H80N2O6. The monoisotopic (exact) mass is 721 g/mol. The van der Waals surface area contributed by atoms with Gasteiger partial charge in [0.25, 0.3) is 0 Å². The topological polar surface area (TPSA) is 77.5 Å². The predicted molar refractivity (Wildman–Crippen MR) is 209 cm³/mol. The van der Waals surface area contributed by atoms with Gasteiger partial charge in [-0.05, 0) is 67.2 Å². The van der Waals surface area contributed by atoms with Crippen molar-refractivity contribution in [3.63, 3.8) is 0 Å². The highest BCUT2D eigenvalue weighted by molar-refractivity contribution is 5.70. The first-order chi connectivity index (χ1) is 24.2. The Balaban J connectivity index is 1.55. The lowest BCUT2D eigenvalue weighted by Crippen LogP contribution is -2.62. The molecule has 0 aromatic heterocycles. The first kappa shape index (κ1) is 45.5. The number of nitrogens with zero attached hydrogens (tertiary/aromatic N) is 2. The lowest BCUT2D eigenvalue weighted by molar-refractivity contribution is -0.293. The number of carbonyl (C=O) groups excluding carboxylic acids is 2. The molecule has 0 bridgehead atoms. The van der Waals surface area contributed by atoms with Crippen LogP contribution in [0.15, 0.2) is 12.3 Å². The van der Waals surface area contributed by atoms with Crippen molar-refractivity contribution in [3.05, 3.63) is 12.3 Å². The van der Waals surface area contributed by atoms with Crippen molar-refractivity contribution in [1.29, 1.82) is 0 Å². The summed E-state index contributed by atoms with van der Waals surface area (Å²) >= 11 is 0. The van der Waals surface area contributed by atoms with Gasteiger partial charge in [-0.3, -0.25) is 24.3 Å². The fraction of sp³-hybridized carbons (Fsp3) is 0.907. The summed E-state index contributed by atoms with van der Waals surface area (Å²) in [6.45, 7) is 23.3. The van der Waals surface area contributed by atoms with Gasteiger partial charge < -0.3 is 9.47 Å². The second-order valence-electron chi connectivity index (χ2n) is 17.5. The lowest BCUT2D eigenvalue weighted by Gasteiger charge is -2.53. The fourth-order valence-corrected chi connectivity index (χ4v) is 8.25. The zero-order chi connectivity index (χ0) is 37.8. The number of hydrogen-bond acceptors (Lipinski definition) is 8. The minimum absolute atomic E-state index is 0.0862. The molecule has 2 aliphatic heterocycles. The van der Waals surface area contributed by atoms with Gasteiger partial charge >= 0.3 is 11.9 Å². The van der Waals surface area contributed by atoms with E-state index in [0.29, 0.717) is 25.9 Å². The molecule has 2 fully saturated rings. The third kappa shape index (κ3) is 17.8. The maximum atomic E-state index is 12.8. The number of ether oxygens (including phenoxy) is 2. The van der Waals surface area contributed by atoms with Crippen LogP contribution >= 0.6 is 0 Å². The Morgan fingerprint density at radius 3 is 1.43 bits per heavy atom. The molecule has 2 saturated heterocycles. The van der Waals surface area contributed by atoms with Crippen LogP contribution in [0.4, 0.5) is 0 Å². The first-order valence-corrected chi connectivity index (χ1v) is 21.1. The molecule has 0 aromatic rings. The summed E-state index contributed by atoms with van der Waals surface area (Å²) in [5.74, 6) is -0.203. The molecule has 8 heteroatoms. The molecule has 0 radical (unpaired) electrons. The van der Waals surface area contributed by atoms with Crippen molar-refractivity contribution in [1.82, 2.24) is 10.1 Å². The van der Waals surface area contributed by atoms with Crippen LogP contribution in [0.2, 0.25) is 0 Å². The molecule has 51 heavy (non-hydrogen) atoms. The molecule has 298 valence electrons. The third-order valence-corrected chi connectivity index (χ3v) is 10.6. The minimum Gasteiger partial charge on any atom is -0.462 e. The van der Waals surface area contributed by atoms with Crippen LogP contribution in [0.3, 0.4) is 0 Å². The molecule has 1 unspecified atom stereocenters. The second kappa shape index (κ2) is 23.9. The van der Waals surface area contributed by atoms with Crippen LogP contribution in [0, 0.1) is 0 Å². The van der Waals surface area contributed by atoms with Crippen LogP contribution in [0.25, 0.3) is 0 Å². The normalized spacial score (nSPS) is 20.4. The van der Waals surface area contributed by atoms with E-state index in [-0.39, 0.29) is 40.8 Å². The summed E-state index contributed by atoms with van der Waals surface area (Å²) in [6.07, 6.45) is 24.3. The van der Waals surface area contributed by atoms with Crippen molar-refractivity contribution >= 4 is 11.9 Å². The van der Waals surface area contributed by atoms with E-state index >= 15 is 0 Å². The van der Waals surface area contributed by atoms with Gasteiger partial charge in [0, 0.05) is 55.3 Å². The molecule has 0 spiro atoms. The van der Waals surface area contributed by atoms with Gasteiger partial charge in [0.15, 0.2) is 0 Å². The molecule has 0 N–H and O–H groups in total. The molecule has 0 amide bonds. The number of esters is 2. The van der Waals surface area contributed by atoms with Crippen molar-refractivity contribution in [2.75, 3.05) is 13.2 Å². The van der Waals surface area contributed by atoms with E-state index in [4.69, 9.17) is 19.1 Å². The standard InChI is InChI=1S/C43H80N2O6/c1-10-12-14-16-22-26-30-48-44-36(3)32-37(33-41(44,4)5)50-39(46)28-24-20-18-19-21-25-29-40(47)51-38-34-42(6,7)45(43(8,9)35-38)49-31-27-23-17-15-13-11-2/h37-38H,3,10-35H2,1-2,4-9H3. The predicted octanol–water partition coefficient (Wildman–Crippen LogP) is 11.6. The van der Waals surface area contributed by atoms with E-state index in [2.05, 4.69) is 67.0 Å². The van der Waals surface area contributed by atoms with E-state index in [0.717, 1.165) is 82.9 Å². The molecular weight excluding hydrogens is 640 g/mol. The van der Waals surface area contributed by atoms with Crippen LogP contribution in [-0.2, 0) is 28.7 Å². The van der Waals surface area contributed by atoms with E-state index in [1.54, 1.807) is 0 Å². The van der Waals surface area contributed by atoms with Crippen LogP contribution < -0.4 is 0 Å². The van der Waals surface area contributed by atoms with Gasteiger partial charge in [0.1, 0.15) is 12.2 Å². The van der Waals surface area contributed by atoms with Crippen molar-refractivity contribution in [3.8, 4) is 0 Å². The zero-order valence-corrected chi connectivity index (χ0v) is 34.6. The molecule has 8 nitrogen and oxygen atoms in total. The number of rotatable bonds is 27. The number of hydroxylamine groups is 4. The van der Waals surface area contributed by atoms with Gasteiger partial charge in [0.2, 0.25) is 0 Å². The van der Waals surface area contributed by atoms with E-state index in [9.17, 15) is 9.59 Å². The van der Waals surface area contributed by atoms with Crippen LogP contribution in [-0.4, -0.2) is 64.1 Å². The minimum atomic E-state index is -0.263. The van der Waals surface area contributed by atoms with Crippen molar-refractivity contribution in [2.45, 2.75) is 238 Å². The number of unbranched alkanes of at least 4 members (excludes halogenated alkanes) is 15. The number of hydrogen-bond donors (Lipinski definition) is 0. The average Bonchev–Trinajstić information content (AvgIpc) is 3.02. The van der Waals surface area contributed by atoms with Crippen molar-refractivity contribution in [2.24, 2.45) is 0 Å². The largest absolute Gasteiger partial charge is 0.462 e. The summed E-state index contributed by atoms with van der Waals surface area (Å²) in [5, 5.41) is 4.13. The van der Waals surface area contributed by atoms with E-state index < -0.39 is 0 Å². The van der Waals surface area contributed by atoms with E-state index in [1.165, 1.54) is 64.2 Å². The average molecular weight is 721 g/mol. The Morgan fingerprint density at radius 1 is 0.569 bits per heavy atom. The Hall–Kier alpha value is -1.64. The Bertz CT molecular complexity index is 977. The van der Waals surface area contributed by atoms with Gasteiger partial charge in [0.05, 0.1) is 18.8 Å². The Labute approximate surface area is 314 Å². The maximum Gasteiger partial charge on any atom is 0.306 e. The number of carbonyl (C=O) groups is 2. The summed E-state index contributed by atoms with van der Waals surface area (Å²) in [7, 11) is 0. The quantitative estimate of drug-likeness (QED) is 0.0613. The van der Waals surface area contributed by atoms with Gasteiger partial charge in [-0.2, -0.15) is 5.06 Å². The molecule has 2 heterocycles. The van der Waals surface area contributed by atoms with Gasteiger partial charge in [-0.1, -0.05) is 110 Å². The molecule has 0 saturated carbocycles. The smallest absolute Gasteiger partial charge is 0.306 e. The van der Waals surface area contributed by atoms with Crippen LogP contribution in [0.1, 0.15) is 209 Å². The molecule has 0 aromatic carbocycles. The summed E-state index contributed by atoms with van der Waals surface area (Å²) < 4.78 is 11.9. The fourth-order valence-electron chi connectivity index (χ4n) is 8.25. The highest BCUT2D eigenvalue weighted by Gasteiger charge is 2.47. The maximum absolute atomic E-state index is 12.8. The Morgan fingerprint density at radius 2 is 0.961 bits per heavy atom. The lowest BCUT2D eigenvalue weighted by atomic mass is 9.80. The SMILES string of the molecule is C=C1CC(OC(=O)CCCCCCCCC(=O)OC2CC(C)(C)N(OCCCCCCCC)C(C)(C)C2)CC(C)(C)N1OCCCCCCCC. The first-order valence-electron chi connectivity index (χ1n) is 21.1. The summed E-state index contributed by atoms with van der Waals surface area (Å²) in [4.78, 5) is 37.9. The Kier molecular flexibility index (Phi) is 21.3.